The molecule has 17 heavy (non-hydrogen) atoms. The summed E-state index contributed by atoms with van der Waals surface area (Å²) in [6.07, 6.45) is 0.947. The van der Waals surface area contributed by atoms with Gasteiger partial charge in [0.25, 0.3) is 0 Å². The van der Waals surface area contributed by atoms with Crippen LogP contribution in [0.25, 0.3) is 0 Å². The lowest BCUT2D eigenvalue weighted by Gasteiger charge is -2.09. The van der Waals surface area contributed by atoms with Crippen LogP contribution in [0.2, 0.25) is 0 Å². The van der Waals surface area contributed by atoms with Gasteiger partial charge in [-0.1, -0.05) is 0 Å². The Bertz CT molecular complexity index is 545. The number of carboxylic acids is 1. The van der Waals surface area contributed by atoms with Crippen molar-refractivity contribution < 1.29 is 23.1 Å². The molecule has 1 aromatic heterocycles. The van der Waals surface area contributed by atoms with Crippen LogP contribution >= 0.6 is 11.3 Å². The van der Waals surface area contributed by atoms with Crippen LogP contribution in [0.5, 0.6) is 0 Å². The molecular formula is C9H11NO5S2. The molecule has 1 unspecified atom stereocenters. The second-order valence-electron chi connectivity index (χ2n) is 3.43. The number of rotatable bonds is 4. The average Bonchev–Trinajstić information content (AvgIpc) is 2.63. The summed E-state index contributed by atoms with van der Waals surface area (Å²) >= 11 is 0.955. The number of hydrogen-bond acceptors (Lipinski definition) is 5. The van der Waals surface area contributed by atoms with Gasteiger partial charge in [0.1, 0.15) is 10.1 Å². The highest BCUT2D eigenvalue weighted by atomic mass is 32.2. The predicted molar refractivity (Wildman–Crippen MR) is 64.2 cm³/mol. The van der Waals surface area contributed by atoms with Crippen molar-refractivity contribution in [3.05, 3.63) is 16.3 Å². The molecule has 1 rings (SSSR count). The summed E-state index contributed by atoms with van der Waals surface area (Å²) in [5.74, 6) is -1.91. The zero-order valence-electron chi connectivity index (χ0n) is 9.13. The van der Waals surface area contributed by atoms with Crippen LogP contribution in [0.15, 0.2) is 11.4 Å². The van der Waals surface area contributed by atoms with Gasteiger partial charge in [-0.05, 0) is 18.4 Å². The monoisotopic (exact) mass is 277 g/mol. The van der Waals surface area contributed by atoms with Crippen molar-refractivity contribution in [1.29, 1.82) is 0 Å². The Hall–Kier alpha value is -1.41. The summed E-state index contributed by atoms with van der Waals surface area (Å²) in [5, 5.41) is 11.4. The molecule has 0 bridgehead atoms. The minimum atomic E-state index is -3.49. The first-order chi connectivity index (χ1) is 7.73. The summed E-state index contributed by atoms with van der Waals surface area (Å²) < 4.78 is 22.3. The maximum absolute atomic E-state index is 11.6. The van der Waals surface area contributed by atoms with Crippen molar-refractivity contribution in [3.63, 3.8) is 0 Å². The van der Waals surface area contributed by atoms with Crippen molar-refractivity contribution >= 4 is 38.7 Å². The molecule has 6 nitrogen and oxygen atoms in total. The molecule has 2 N–H and O–H groups in total. The zero-order chi connectivity index (χ0) is 13.2. The van der Waals surface area contributed by atoms with Crippen LogP contribution in [-0.4, -0.2) is 36.9 Å². The van der Waals surface area contributed by atoms with Crippen LogP contribution in [0.1, 0.15) is 16.6 Å². The molecular weight excluding hydrogens is 266 g/mol. The van der Waals surface area contributed by atoms with Crippen molar-refractivity contribution in [3.8, 4) is 0 Å². The molecule has 0 aromatic carbocycles. The quantitative estimate of drug-likeness (QED) is 0.848. The summed E-state index contributed by atoms with van der Waals surface area (Å²) in [5.41, 5.74) is 0.114. The van der Waals surface area contributed by atoms with Crippen LogP contribution in [0.3, 0.4) is 0 Å². The molecule has 1 heterocycles. The lowest BCUT2D eigenvalue weighted by molar-refractivity contribution is -0.115. The number of sulfone groups is 1. The normalized spacial score (nSPS) is 13.1. The third-order valence-electron chi connectivity index (χ3n) is 2.13. The maximum Gasteiger partial charge on any atom is 0.348 e. The van der Waals surface area contributed by atoms with E-state index in [9.17, 15) is 18.0 Å². The fraction of sp³-hybridized carbons (Fsp3) is 0.333. The molecule has 0 saturated heterocycles. The SMILES string of the molecule is CC(C(=O)Nc1ccsc1C(=O)O)S(C)(=O)=O. The van der Waals surface area contributed by atoms with E-state index in [0.717, 1.165) is 17.6 Å². The van der Waals surface area contributed by atoms with Gasteiger partial charge in [0.05, 0.1) is 5.69 Å². The molecule has 1 atom stereocenters. The van der Waals surface area contributed by atoms with Crippen LogP contribution in [-0.2, 0) is 14.6 Å². The van der Waals surface area contributed by atoms with E-state index >= 15 is 0 Å². The van der Waals surface area contributed by atoms with Crippen molar-refractivity contribution in [2.24, 2.45) is 0 Å². The van der Waals surface area contributed by atoms with Crippen molar-refractivity contribution in [1.82, 2.24) is 0 Å². The van der Waals surface area contributed by atoms with E-state index in [1.54, 1.807) is 0 Å². The average molecular weight is 277 g/mol. The fourth-order valence-corrected chi connectivity index (χ4v) is 2.14. The van der Waals surface area contributed by atoms with Gasteiger partial charge in [0.15, 0.2) is 9.84 Å². The van der Waals surface area contributed by atoms with E-state index in [1.807, 2.05) is 0 Å². The Morgan fingerprint density at radius 3 is 2.53 bits per heavy atom. The summed E-state index contributed by atoms with van der Waals surface area (Å²) in [7, 11) is -3.49. The van der Waals surface area contributed by atoms with E-state index in [2.05, 4.69) is 5.32 Å². The molecule has 0 fully saturated rings. The number of thiophene rings is 1. The minimum Gasteiger partial charge on any atom is -0.477 e. The number of nitrogens with one attached hydrogen (secondary N) is 1. The number of hydrogen-bond donors (Lipinski definition) is 2. The van der Waals surface area contributed by atoms with Crippen molar-refractivity contribution in [2.45, 2.75) is 12.2 Å². The molecule has 1 amide bonds. The number of amides is 1. The second-order valence-corrected chi connectivity index (χ2v) is 6.71. The fourth-order valence-electron chi connectivity index (χ4n) is 1.00. The smallest absolute Gasteiger partial charge is 0.348 e. The maximum atomic E-state index is 11.6. The Labute approximate surface area is 102 Å². The molecule has 1 aromatic rings. The Morgan fingerprint density at radius 1 is 1.47 bits per heavy atom. The molecule has 0 spiro atoms. The predicted octanol–water partition coefficient (Wildman–Crippen LogP) is 0.818. The minimum absolute atomic E-state index is 0.0287. The van der Waals surface area contributed by atoms with Gasteiger partial charge < -0.3 is 10.4 Å². The topological polar surface area (TPSA) is 101 Å². The van der Waals surface area contributed by atoms with E-state index in [-0.39, 0.29) is 10.6 Å². The molecule has 8 heteroatoms. The highest BCUT2D eigenvalue weighted by Crippen LogP contribution is 2.22. The van der Waals surface area contributed by atoms with E-state index < -0.39 is 27.0 Å². The van der Waals surface area contributed by atoms with Gasteiger partial charge in [0, 0.05) is 6.26 Å². The van der Waals surface area contributed by atoms with E-state index in [1.165, 1.54) is 18.4 Å². The Balaban J connectivity index is 2.89. The van der Waals surface area contributed by atoms with E-state index in [0.29, 0.717) is 0 Å². The van der Waals surface area contributed by atoms with Gasteiger partial charge >= 0.3 is 5.97 Å². The molecule has 0 aliphatic carbocycles. The van der Waals surface area contributed by atoms with Gasteiger partial charge in [-0.2, -0.15) is 0 Å². The van der Waals surface area contributed by atoms with Gasteiger partial charge in [-0.3, -0.25) is 4.79 Å². The standard InChI is InChI=1S/C9H11NO5S2/c1-5(17(2,14)15)8(11)10-6-3-4-16-7(6)9(12)13/h3-5H,1-2H3,(H,10,11)(H,12,13). The number of aromatic carboxylic acids is 1. The molecule has 94 valence electrons. The van der Waals surface area contributed by atoms with Gasteiger partial charge in [0.2, 0.25) is 5.91 Å². The van der Waals surface area contributed by atoms with Gasteiger partial charge in [-0.25, -0.2) is 13.2 Å². The first-order valence-corrected chi connectivity index (χ1v) is 7.37. The third kappa shape index (κ3) is 3.27. The Morgan fingerprint density at radius 2 is 2.06 bits per heavy atom. The third-order valence-corrected chi connectivity index (χ3v) is 4.53. The lowest BCUT2D eigenvalue weighted by atomic mass is 10.3. The molecule has 0 aliphatic rings. The molecule has 0 saturated carbocycles. The van der Waals surface area contributed by atoms with Gasteiger partial charge in [-0.15, -0.1) is 11.3 Å². The first kappa shape index (κ1) is 13.7. The summed E-state index contributed by atoms with van der Waals surface area (Å²) in [6, 6.07) is 1.42. The van der Waals surface area contributed by atoms with Crippen LogP contribution in [0.4, 0.5) is 5.69 Å². The first-order valence-electron chi connectivity index (χ1n) is 4.54. The Kier molecular flexibility index (Phi) is 3.89. The largest absolute Gasteiger partial charge is 0.477 e. The highest BCUT2D eigenvalue weighted by Gasteiger charge is 2.25. The molecule has 0 aliphatic heterocycles. The zero-order valence-corrected chi connectivity index (χ0v) is 10.8. The van der Waals surface area contributed by atoms with Crippen LogP contribution < -0.4 is 5.32 Å². The molecule has 0 radical (unpaired) electrons. The number of anilines is 1. The summed E-state index contributed by atoms with van der Waals surface area (Å²) in [6.45, 7) is 1.25. The number of carbonyl (C=O) groups excluding carboxylic acids is 1. The van der Waals surface area contributed by atoms with Crippen molar-refractivity contribution in [2.75, 3.05) is 11.6 Å². The number of carboxylic acid groups (broad SMARTS) is 1. The second kappa shape index (κ2) is 4.84. The van der Waals surface area contributed by atoms with Crippen LogP contribution in [0, 0.1) is 0 Å². The van der Waals surface area contributed by atoms with E-state index in [4.69, 9.17) is 5.11 Å². The lowest BCUT2D eigenvalue weighted by Crippen LogP contribution is -2.32. The highest BCUT2D eigenvalue weighted by molar-refractivity contribution is 7.92. The summed E-state index contributed by atoms with van der Waals surface area (Å²) in [4.78, 5) is 22.3. The number of carbonyl (C=O) groups is 2.